The Morgan fingerprint density at radius 3 is 2.28 bits per heavy atom. The highest BCUT2D eigenvalue weighted by molar-refractivity contribution is 7.80. The molecule has 0 amide bonds. The number of hydrogen-bond acceptors (Lipinski definition) is 3. The molecule has 0 radical (unpaired) electrons. The molecule has 0 aliphatic heterocycles. The Morgan fingerprint density at radius 2 is 1.89 bits per heavy atom. The fourth-order valence-electron chi connectivity index (χ4n) is 1.21. The molecule has 0 bridgehead atoms. The molecule has 0 aliphatic rings. The zero-order valence-corrected chi connectivity index (χ0v) is 10.1. The van der Waals surface area contributed by atoms with E-state index in [1.54, 1.807) is 12.1 Å². The maximum atomic E-state index is 12.5. The molecule has 18 heavy (non-hydrogen) atoms. The lowest BCUT2D eigenvalue weighted by atomic mass is 10.1. The molecule has 0 aromatic heterocycles. The molecule has 0 fully saturated rings. The lowest BCUT2D eigenvalue weighted by molar-refractivity contribution is -0.161. The largest absolute Gasteiger partial charge is 0.493 e. The number of nitrogens with two attached hydrogens (primary N) is 1. The van der Waals surface area contributed by atoms with Crippen molar-refractivity contribution in [3.63, 3.8) is 0 Å². The quantitative estimate of drug-likeness (QED) is 0.810. The van der Waals surface area contributed by atoms with Crippen molar-refractivity contribution in [2.24, 2.45) is 11.7 Å². The highest BCUT2D eigenvalue weighted by atomic mass is 32.1. The predicted molar refractivity (Wildman–Crippen MR) is 64.2 cm³/mol. The van der Waals surface area contributed by atoms with Crippen molar-refractivity contribution in [3.8, 4) is 5.75 Å². The topological polar surface area (TPSA) is 55.5 Å². The molecular weight excluding hydrogens is 267 g/mol. The summed E-state index contributed by atoms with van der Waals surface area (Å²) in [7, 11) is 0. The van der Waals surface area contributed by atoms with Crippen LogP contribution in [0, 0.1) is 5.92 Å². The Hall–Kier alpha value is -1.34. The number of thiocarbonyl (C=S) groups is 1. The first-order valence-electron chi connectivity index (χ1n) is 5.03. The third-order valence-electron chi connectivity index (χ3n) is 2.26. The van der Waals surface area contributed by atoms with Crippen LogP contribution in [0.3, 0.4) is 0 Å². The van der Waals surface area contributed by atoms with Crippen LogP contribution in [0.1, 0.15) is 5.56 Å². The van der Waals surface area contributed by atoms with E-state index in [1.807, 2.05) is 0 Å². The Morgan fingerprint density at radius 1 is 1.33 bits per heavy atom. The van der Waals surface area contributed by atoms with Crippen LogP contribution in [0.25, 0.3) is 0 Å². The Labute approximate surface area is 107 Å². The van der Waals surface area contributed by atoms with Gasteiger partial charge in [0.15, 0.2) is 0 Å². The van der Waals surface area contributed by atoms with Crippen molar-refractivity contribution in [1.82, 2.24) is 0 Å². The van der Waals surface area contributed by atoms with Crippen LogP contribution in [0.2, 0.25) is 0 Å². The summed E-state index contributed by atoms with van der Waals surface area (Å²) in [5.41, 5.74) is 5.67. The van der Waals surface area contributed by atoms with Crippen LogP contribution >= 0.6 is 12.2 Å². The van der Waals surface area contributed by atoms with Crippen LogP contribution in [-0.2, 0) is 6.61 Å². The lowest BCUT2D eigenvalue weighted by Crippen LogP contribution is -2.38. The number of aliphatic hydroxyl groups is 1. The van der Waals surface area contributed by atoms with Gasteiger partial charge in [-0.15, -0.1) is 0 Å². The zero-order chi connectivity index (χ0) is 13.8. The monoisotopic (exact) mass is 279 g/mol. The van der Waals surface area contributed by atoms with Crippen molar-refractivity contribution >= 4 is 17.2 Å². The van der Waals surface area contributed by atoms with Gasteiger partial charge < -0.3 is 15.6 Å². The van der Waals surface area contributed by atoms with Gasteiger partial charge >= 0.3 is 6.18 Å². The van der Waals surface area contributed by atoms with Gasteiger partial charge in [0.2, 0.25) is 0 Å². The van der Waals surface area contributed by atoms with E-state index in [9.17, 15) is 13.2 Å². The van der Waals surface area contributed by atoms with E-state index < -0.39 is 23.7 Å². The van der Waals surface area contributed by atoms with Crippen molar-refractivity contribution in [2.45, 2.75) is 12.8 Å². The normalized spacial score (nSPS) is 13.1. The first-order valence-corrected chi connectivity index (χ1v) is 5.44. The standard InChI is InChI=1S/C11H12F3NO2S/c12-11(13,14)9(10(15)18)6-17-8-3-1-7(5-16)2-4-8/h1-4,9,16H,5-6H2,(H2,15,18). The smallest absolute Gasteiger partial charge is 0.401 e. The summed E-state index contributed by atoms with van der Waals surface area (Å²) in [6.45, 7) is -0.796. The minimum absolute atomic E-state index is 0.141. The SMILES string of the molecule is NC(=S)C(COc1ccc(CO)cc1)C(F)(F)F. The minimum Gasteiger partial charge on any atom is -0.493 e. The number of alkyl halides is 3. The van der Waals surface area contributed by atoms with Gasteiger partial charge in [-0.2, -0.15) is 13.2 Å². The van der Waals surface area contributed by atoms with Crippen molar-refractivity contribution in [3.05, 3.63) is 29.8 Å². The second-order valence-electron chi connectivity index (χ2n) is 3.61. The number of ether oxygens (including phenoxy) is 1. The average molecular weight is 279 g/mol. The van der Waals surface area contributed by atoms with E-state index in [2.05, 4.69) is 12.2 Å². The summed E-state index contributed by atoms with van der Waals surface area (Å²) in [5, 5.41) is 8.80. The van der Waals surface area contributed by atoms with Crippen LogP contribution in [0.15, 0.2) is 24.3 Å². The molecule has 100 valence electrons. The third-order valence-corrected chi connectivity index (χ3v) is 2.55. The first-order chi connectivity index (χ1) is 8.34. The van der Waals surface area contributed by atoms with Crippen molar-refractivity contribution < 1.29 is 23.0 Å². The second kappa shape index (κ2) is 6.01. The molecule has 3 N–H and O–H groups in total. The summed E-state index contributed by atoms with van der Waals surface area (Å²) in [4.78, 5) is -0.644. The average Bonchev–Trinajstić information content (AvgIpc) is 2.28. The Balaban J connectivity index is 2.64. The van der Waals surface area contributed by atoms with Gasteiger partial charge in [0.05, 0.1) is 11.6 Å². The molecule has 1 rings (SSSR count). The Bertz CT molecular complexity index is 406. The molecule has 0 saturated heterocycles. The summed E-state index contributed by atoms with van der Waals surface area (Å²) in [6, 6.07) is 6.05. The molecule has 3 nitrogen and oxygen atoms in total. The summed E-state index contributed by atoms with van der Waals surface area (Å²) in [6.07, 6.45) is -4.52. The highest BCUT2D eigenvalue weighted by Crippen LogP contribution is 2.27. The molecular formula is C11H12F3NO2S. The maximum Gasteiger partial charge on any atom is 0.401 e. The fourth-order valence-corrected chi connectivity index (χ4v) is 1.41. The van der Waals surface area contributed by atoms with Crippen LogP contribution < -0.4 is 10.5 Å². The number of benzene rings is 1. The van der Waals surface area contributed by atoms with E-state index in [0.717, 1.165) is 0 Å². The number of aliphatic hydroxyl groups excluding tert-OH is 1. The molecule has 0 spiro atoms. The zero-order valence-electron chi connectivity index (χ0n) is 9.28. The van der Waals surface area contributed by atoms with E-state index >= 15 is 0 Å². The minimum atomic E-state index is -4.52. The van der Waals surface area contributed by atoms with Crippen molar-refractivity contribution in [1.29, 1.82) is 0 Å². The van der Waals surface area contributed by atoms with Crippen LogP contribution in [0.4, 0.5) is 13.2 Å². The number of halogens is 3. The third kappa shape index (κ3) is 4.15. The van der Waals surface area contributed by atoms with E-state index in [-0.39, 0.29) is 12.4 Å². The summed E-state index contributed by atoms with van der Waals surface area (Å²) >= 11 is 4.36. The second-order valence-corrected chi connectivity index (χ2v) is 4.08. The maximum absolute atomic E-state index is 12.5. The molecule has 0 aliphatic carbocycles. The van der Waals surface area contributed by atoms with Gasteiger partial charge in [-0.25, -0.2) is 0 Å². The van der Waals surface area contributed by atoms with Gasteiger partial charge in [-0.05, 0) is 17.7 Å². The lowest BCUT2D eigenvalue weighted by Gasteiger charge is -2.19. The van der Waals surface area contributed by atoms with E-state index in [1.165, 1.54) is 12.1 Å². The predicted octanol–water partition coefficient (Wildman–Crippen LogP) is 2.02. The molecule has 0 heterocycles. The molecule has 0 saturated carbocycles. The number of hydrogen-bond donors (Lipinski definition) is 2. The van der Waals surface area contributed by atoms with Gasteiger partial charge in [0.1, 0.15) is 18.3 Å². The molecule has 1 unspecified atom stereocenters. The number of rotatable bonds is 5. The molecule has 7 heteroatoms. The fraction of sp³-hybridized carbons (Fsp3) is 0.364. The summed E-state index contributed by atoms with van der Waals surface area (Å²) in [5.74, 6) is -1.71. The first kappa shape index (κ1) is 14.7. The highest BCUT2D eigenvalue weighted by Gasteiger charge is 2.42. The van der Waals surface area contributed by atoms with E-state index in [4.69, 9.17) is 15.6 Å². The Kier molecular flexibility index (Phi) is 4.92. The van der Waals surface area contributed by atoms with Crippen LogP contribution in [0.5, 0.6) is 5.75 Å². The van der Waals surface area contributed by atoms with Gasteiger partial charge in [0, 0.05) is 0 Å². The van der Waals surface area contributed by atoms with Gasteiger partial charge in [0.25, 0.3) is 0 Å². The molecule has 1 aromatic carbocycles. The van der Waals surface area contributed by atoms with Gasteiger partial charge in [-0.3, -0.25) is 0 Å². The van der Waals surface area contributed by atoms with Crippen LogP contribution in [-0.4, -0.2) is 22.9 Å². The molecule has 1 atom stereocenters. The van der Waals surface area contributed by atoms with Crippen molar-refractivity contribution in [2.75, 3.05) is 6.61 Å². The van der Waals surface area contributed by atoms with E-state index in [0.29, 0.717) is 5.56 Å². The van der Waals surface area contributed by atoms with Gasteiger partial charge in [-0.1, -0.05) is 24.4 Å². The molecule has 1 aromatic rings. The summed E-state index contributed by atoms with van der Waals surface area (Å²) < 4.78 is 42.5.